The van der Waals surface area contributed by atoms with Crippen molar-refractivity contribution in [1.82, 2.24) is 0 Å². The van der Waals surface area contributed by atoms with E-state index in [1.165, 1.54) is 0 Å². The maximum Gasteiger partial charge on any atom is 0.160 e. The smallest absolute Gasteiger partial charge is 0.160 e. The van der Waals surface area contributed by atoms with Crippen LogP contribution >= 0.6 is 11.6 Å². The lowest BCUT2D eigenvalue weighted by molar-refractivity contribution is -0.129. The zero-order valence-corrected chi connectivity index (χ0v) is 11.9. The van der Waals surface area contributed by atoms with E-state index < -0.39 is 5.92 Å². The van der Waals surface area contributed by atoms with E-state index in [0.29, 0.717) is 10.6 Å². The number of nitriles is 1. The predicted molar refractivity (Wildman–Crippen MR) is 76.0 cm³/mol. The highest BCUT2D eigenvalue weighted by molar-refractivity contribution is 6.31. The summed E-state index contributed by atoms with van der Waals surface area (Å²) in [5.41, 5.74) is 0.343. The summed E-state index contributed by atoms with van der Waals surface area (Å²) in [6, 6.07) is 9.32. The number of nitrogens with zero attached hydrogens (tertiary/aromatic N) is 1. The second-order valence-electron chi connectivity index (χ2n) is 5.29. The van der Waals surface area contributed by atoms with Gasteiger partial charge in [0.25, 0.3) is 0 Å². The molecule has 0 radical (unpaired) electrons. The highest BCUT2D eigenvalue weighted by Crippen LogP contribution is 2.45. The molecule has 1 saturated carbocycles. The van der Waals surface area contributed by atoms with Gasteiger partial charge < -0.3 is 0 Å². The average Bonchev–Trinajstić information content (AvgIpc) is 2.91. The van der Waals surface area contributed by atoms with Crippen molar-refractivity contribution in [3.05, 3.63) is 34.9 Å². The predicted octanol–water partition coefficient (Wildman–Crippen LogP) is 4.49. The van der Waals surface area contributed by atoms with Gasteiger partial charge in [-0.05, 0) is 30.9 Å². The van der Waals surface area contributed by atoms with Crippen LogP contribution in [0.2, 0.25) is 5.02 Å². The minimum Gasteiger partial charge on any atom is -0.297 e. The lowest BCUT2D eigenvalue weighted by Gasteiger charge is -2.28. The molecule has 2 rings (SSSR count). The molecule has 1 aromatic rings. The lowest BCUT2D eigenvalue weighted by atomic mass is 9.73. The molecular weight excluding hydrogens is 258 g/mol. The summed E-state index contributed by atoms with van der Waals surface area (Å²) in [5, 5.41) is 9.92. The minimum atomic E-state index is -0.730. The van der Waals surface area contributed by atoms with Crippen LogP contribution in [0.4, 0.5) is 0 Å². The highest BCUT2D eigenvalue weighted by atomic mass is 35.5. The summed E-state index contributed by atoms with van der Waals surface area (Å²) >= 11 is 6.13. The molecule has 1 aromatic carbocycles. The number of rotatable bonds is 4. The van der Waals surface area contributed by atoms with Gasteiger partial charge in [0.1, 0.15) is 5.92 Å². The summed E-state index contributed by atoms with van der Waals surface area (Å²) < 4.78 is 0. The third kappa shape index (κ3) is 2.53. The molecule has 1 aliphatic carbocycles. The van der Waals surface area contributed by atoms with Gasteiger partial charge in [0.15, 0.2) is 5.78 Å². The summed E-state index contributed by atoms with van der Waals surface area (Å²) in [6.07, 6.45) is 4.80. The van der Waals surface area contributed by atoms with Gasteiger partial charge in [0, 0.05) is 10.4 Å². The van der Waals surface area contributed by atoms with Gasteiger partial charge in [-0.25, -0.2) is 0 Å². The fourth-order valence-corrected chi connectivity index (χ4v) is 3.36. The van der Waals surface area contributed by atoms with Crippen molar-refractivity contribution in [2.45, 2.75) is 44.9 Å². The number of carbonyl (C=O) groups excluding carboxylic acids is 1. The molecule has 2 nitrogen and oxygen atoms in total. The number of benzene rings is 1. The molecule has 0 spiro atoms. The van der Waals surface area contributed by atoms with Crippen LogP contribution in [-0.4, -0.2) is 5.78 Å². The van der Waals surface area contributed by atoms with Gasteiger partial charge in [-0.3, -0.25) is 4.79 Å². The van der Waals surface area contributed by atoms with Gasteiger partial charge in [-0.2, -0.15) is 5.26 Å². The number of ketones is 1. The van der Waals surface area contributed by atoms with Crippen LogP contribution in [0.15, 0.2) is 24.3 Å². The van der Waals surface area contributed by atoms with Crippen LogP contribution in [0.25, 0.3) is 0 Å². The Morgan fingerprint density at radius 3 is 2.58 bits per heavy atom. The molecule has 1 aliphatic rings. The highest BCUT2D eigenvalue weighted by Gasteiger charge is 2.43. The van der Waals surface area contributed by atoms with E-state index in [0.717, 1.165) is 32.1 Å². The van der Waals surface area contributed by atoms with Crippen molar-refractivity contribution in [2.24, 2.45) is 5.41 Å². The molecule has 0 aliphatic heterocycles. The average molecular weight is 276 g/mol. The van der Waals surface area contributed by atoms with Crippen LogP contribution in [0.1, 0.15) is 50.5 Å². The summed E-state index contributed by atoms with van der Waals surface area (Å²) in [6.45, 7) is 2.05. The van der Waals surface area contributed by atoms with Crippen molar-refractivity contribution in [1.29, 1.82) is 5.26 Å². The van der Waals surface area contributed by atoms with Crippen LogP contribution in [0.3, 0.4) is 0 Å². The van der Waals surface area contributed by atoms with Gasteiger partial charge in [0.2, 0.25) is 0 Å². The SMILES string of the molecule is CCC1(C(=O)C(C#N)c2ccccc2Cl)CCCC1. The molecule has 0 amide bonds. The zero-order chi connectivity index (χ0) is 13.9. The van der Waals surface area contributed by atoms with E-state index in [2.05, 4.69) is 6.07 Å². The summed E-state index contributed by atoms with van der Waals surface area (Å²) in [4.78, 5) is 12.8. The summed E-state index contributed by atoms with van der Waals surface area (Å²) in [7, 11) is 0. The number of hydrogen-bond acceptors (Lipinski definition) is 2. The summed E-state index contributed by atoms with van der Waals surface area (Å²) in [5.74, 6) is -0.671. The van der Waals surface area contributed by atoms with E-state index in [1.54, 1.807) is 12.1 Å². The lowest BCUT2D eigenvalue weighted by Crippen LogP contribution is -2.31. The van der Waals surface area contributed by atoms with Crippen molar-refractivity contribution < 1.29 is 4.79 Å². The molecule has 0 N–H and O–H groups in total. The Labute approximate surface area is 119 Å². The monoisotopic (exact) mass is 275 g/mol. The van der Waals surface area contributed by atoms with Gasteiger partial charge >= 0.3 is 0 Å². The van der Waals surface area contributed by atoms with Crippen molar-refractivity contribution in [3.8, 4) is 6.07 Å². The van der Waals surface area contributed by atoms with Crippen LogP contribution < -0.4 is 0 Å². The topological polar surface area (TPSA) is 40.9 Å². The molecule has 0 aromatic heterocycles. The molecular formula is C16H18ClNO. The molecule has 1 fully saturated rings. The normalized spacial score (nSPS) is 18.8. The Morgan fingerprint density at radius 1 is 1.42 bits per heavy atom. The van der Waals surface area contributed by atoms with Crippen molar-refractivity contribution in [3.63, 3.8) is 0 Å². The Hall–Kier alpha value is -1.33. The first-order valence-electron chi connectivity index (χ1n) is 6.83. The number of halogens is 1. The molecule has 1 unspecified atom stereocenters. The number of carbonyl (C=O) groups is 1. The van der Waals surface area contributed by atoms with E-state index in [1.807, 2.05) is 19.1 Å². The maximum atomic E-state index is 12.8. The Kier molecular flexibility index (Phi) is 4.27. The molecule has 19 heavy (non-hydrogen) atoms. The number of hydrogen-bond donors (Lipinski definition) is 0. The van der Waals surface area contributed by atoms with Crippen LogP contribution in [0.5, 0.6) is 0 Å². The molecule has 3 heteroatoms. The molecule has 0 bridgehead atoms. The van der Waals surface area contributed by atoms with E-state index in [9.17, 15) is 10.1 Å². The fraction of sp³-hybridized carbons (Fsp3) is 0.500. The molecule has 1 atom stereocenters. The quantitative estimate of drug-likeness (QED) is 0.812. The van der Waals surface area contributed by atoms with Crippen molar-refractivity contribution >= 4 is 17.4 Å². The first kappa shape index (κ1) is 14.1. The van der Waals surface area contributed by atoms with Crippen LogP contribution in [-0.2, 0) is 4.79 Å². The minimum absolute atomic E-state index is 0.0584. The first-order chi connectivity index (χ1) is 9.14. The molecule has 100 valence electrons. The van der Waals surface area contributed by atoms with Crippen LogP contribution in [0, 0.1) is 16.7 Å². The third-order valence-electron chi connectivity index (χ3n) is 4.37. The second kappa shape index (κ2) is 5.75. The Bertz CT molecular complexity index is 512. The third-order valence-corrected chi connectivity index (χ3v) is 4.71. The largest absolute Gasteiger partial charge is 0.297 e. The fourth-order valence-electron chi connectivity index (χ4n) is 3.11. The standard InChI is InChI=1S/C16H18ClNO/c1-2-16(9-5-6-10-16)15(19)13(11-18)12-7-3-4-8-14(12)17/h3-4,7-8,13H,2,5-6,9-10H2,1H3. The Morgan fingerprint density at radius 2 is 2.05 bits per heavy atom. The Balaban J connectivity index is 2.36. The van der Waals surface area contributed by atoms with E-state index in [4.69, 9.17) is 11.6 Å². The molecule has 0 heterocycles. The maximum absolute atomic E-state index is 12.8. The van der Waals surface area contributed by atoms with Gasteiger partial charge in [-0.1, -0.05) is 49.6 Å². The van der Waals surface area contributed by atoms with E-state index in [-0.39, 0.29) is 11.2 Å². The second-order valence-corrected chi connectivity index (χ2v) is 5.70. The zero-order valence-electron chi connectivity index (χ0n) is 11.2. The number of Topliss-reactive ketones (excluding diaryl/α,β-unsaturated/α-hetero) is 1. The first-order valence-corrected chi connectivity index (χ1v) is 7.21. The van der Waals surface area contributed by atoms with E-state index >= 15 is 0 Å². The van der Waals surface area contributed by atoms with Gasteiger partial charge in [-0.15, -0.1) is 0 Å². The van der Waals surface area contributed by atoms with Gasteiger partial charge in [0.05, 0.1) is 6.07 Å². The molecule has 0 saturated heterocycles. The van der Waals surface area contributed by atoms with Crippen molar-refractivity contribution in [2.75, 3.05) is 0 Å².